The van der Waals surface area contributed by atoms with E-state index >= 15 is 0 Å². The quantitative estimate of drug-likeness (QED) is 0.753. The van der Waals surface area contributed by atoms with E-state index in [0.29, 0.717) is 12.1 Å². The summed E-state index contributed by atoms with van der Waals surface area (Å²) < 4.78 is 5.17. The van der Waals surface area contributed by atoms with Gasteiger partial charge in [-0.25, -0.2) is 0 Å². The molecule has 3 nitrogen and oxygen atoms in total. The van der Waals surface area contributed by atoms with E-state index < -0.39 is 0 Å². The summed E-state index contributed by atoms with van der Waals surface area (Å²) in [5, 5.41) is 0. The molecule has 1 saturated carbocycles. The second-order valence-electron chi connectivity index (χ2n) is 5.02. The Hall–Kier alpha value is -0.120. The lowest BCUT2D eigenvalue weighted by Gasteiger charge is -2.32. The molecule has 1 rings (SSSR count). The molecule has 1 unspecified atom stereocenters. The van der Waals surface area contributed by atoms with E-state index in [4.69, 9.17) is 10.5 Å². The first-order valence-electron chi connectivity index (χ1n) is 6.08. The second-order valence-corrected chi connectivity index (χ2v) is 5.02. The Kier molecular flexibility index (Phi) is 5.58. The van der Waals surface area contributed by atoms with Crippen LogP contribution in [0, 0.1) is 5.92 Å². The van der Waals surface area contributed by atoms with Crippen molar-refractivity contribution < 1.29 is 4.74 Å². The van der Waals surface area contributed by atoms with Gasteiger partial charge in [0, 0.05) is 25.7 Å². The average Bonchev–Trinajstić information content (AvgIpc) is 2.22. The highest BCUT2D eigenvalue weighted by molar-refractivity contribution is 4.77. The molecule has 1 fully saturated rings. The highest BCUT2D eigenvalue weighted by Crippen LogP contribution is 2.24. The van der Waals surface area contributed by atoms with Crippen molar-refractivity contribution in [2.75, 3.05) is 27.3 Å². The van der Waals surface area contributed by atoms with Gasteiger partial charge in [-0.3, -0.25) is 0 Å². The number of rotatable bonds is 5. The molecule has 1 aliphatic carbocycles. The third-order valence-electron chi connectivity index (χ3n) is 3.60. The molecule has 1 atom stereocenters. The normalized spacial score (nSPS) is 29.4. The number of likely N-dealkylation sites (N-methyl/N-ethyl adjacent to an activating group) is 1. The SMILES string of the molecule is COCC(C)N(C)CC1CCC(N)CC1. The van der Waals surface area contributed by atoms with Gasteiger partial charge in [0.05, 0.1) is 6.61 Å². The number of methoxy groups -OCH3 is 1. The fraction of sp³-hybridized carbons (Fsp3) is 1.00. The van der Waals surface area contributed by atoms with Crippen LogP contribution in [-0.4, -0.2) is 44.3 Å². The Morgan fingerprint density at radius 1 is 1.33 bits per heavy atom. The minimum atomic E-state index is 0.461. The van der Waals surface area contributed by atoms with Gasteiger partial charge in [-0.15, -0.1) is 0 Å². The monoisotopic (exact) mass is 214 g/mol. The average molecular weight is 214 g/mol. The smallest absolute Gasteiger partial charge is 0.0615 e. The van der Waals surface area contributed by atoms with Crippen LogP contribution in [0.4, 0.5) is 0 Å². The maximum atomic E-state index is 5.90. The number of hydrogen-bond acceptors (Lipinski definition) is 3. The van der Waals surface area contributed by atoms with Crippen LogP contribution in [0.3, 0.4) is 0 Å². The standard InChI is InChI=1S/C12H26N2O/c1-10(9-15-3)14(2)8-11-4-6-12(13)7-5-11/h10-12H,4-9,13H2,1-3H3. The van der Waals surface area contributed by atoms with Crippen LogP contribution in [0.1, 0.15) is 32.6 Å². The third-order valence-corrected chi connectivity index (χ3v) is 3.60. The van der Waals surface area contributed by atoms with Crippen molar-refractivity contribution in [1.29, 1.82) is 0 Å². The van der Waals surface area contributed by atoms with Gasteiger partial charge in [0.25, 0.3) is 0 Å². The summed E-state index contributed by atoms with van der Waals surface area (Å²) in [7, 11) is 3.96. The summed E-state index contributed by atoms with van der Waals surface area (Å²) in [5.41, 5.74) is 5.90. The van der Waals surface area contributed by atoms with Crippen molar-refractivity contribution in [3.05, 3.63) is 0 Å². The molecule has 0 aromatic rings. The summed E-state index contributed by atoms with van der Waals surface area (Å²) >= 11 is 0. The van der Waals surface area contributed by atoms with E-state index in [9.17, 15) is 0 Å². The maximum Gasteiger partial charge on any atom is 0.0615 e. The van der Waals surface area contributed by atoms with Gasteiger partial charge >= 0.3 is 0 Å². The maximum absolute atomic E-state index is 5.90. The first-order chi connectivity index (χ1) is 7.13. The van der Waals surface area contributed by atoms with Crippen molar-refractivity contribution in [3.63, 3.8) is 0 Å². The van der Waals surface area contributed by atoms with Crippen LogP contribution in [0.25, 0.3) is 0 Å². The van der Waals surface area contributed by atoms with Crippen LogP contribution in [0.5, 0.6) is 0 Å². The zero-order valence-electron chi connectivity index (χ0n) is 10.4. The Bertz CT molecular complexity index is 167. The fourth-order valence-corrected chi connectivity index (χ4v) is 2.33. The van der Waals surface area contributed by atoms with Crippen LogP contribution >= 0.6 is 0 Å². The molecule has 0 spiro atoms. The first-order valence-corrected chi connectivity index (χ1v) is 6.08. The molecule has 0 saturated heterocycles. The zero-order valence-corrected chi connectivity index (χ0v) is 10.4. The fourth-order valence-electron chi connectivity index (χ4n) is 2.33. The Morgan fingerprint density at radius 2 is 1.93 bits per heavy atom. The Morgan fingerprint density at radius 3 is 2.47 bits per heavy atom. The molecule has 0 bridgehead atoms. The molecule has 0 radical (unpaired) electrons. The van der Waals surface area contributed by atoms with Crippen LogP contribution in [0.15, 0.2) is 0 Å². The highest BCUT2D eigenvalue weighted by atomic mass is 16.5. The van der Waals surface area contributed by atoms with Crippen molar-refractivity contribution >= 4 is 0 Å². The summed E-state index contributed by atoms with van der Waals surface area (Å²) in [5.74, 6) is 0.842. The molecular weight excluding hydrogens is 188 g/mol. The molecular formula is C12H26N2O. The minimum Gasteiger partial charge on any atom is -0.383 e. The van der Waals surface area contributed by atoms with E-state index in [1.807, 2.05) is 0 Å². The predicted molar refractivity (Wildman–Crippen MR) is 63.9 cm³/mol. The minimum absolute atomic E-state index is 0.461. The van der Waals surface area contributed by atoms with Crippen molar-refractivity contribution in [3.8, 4) is 0 Å². The molecule has 0 aliphatic heterocycles. The molecule has 0 amide bonds. The highest BCUT2D eigenvalue weighted by Gasteiger charge is 2.21. The van der Waals surface area contributed by atoms with Gasteiger partial charge in [-0.2, -0.15) is 0 Å². The third kappa shape index (κ3) is 4.49. The Labute approximate surface area is 94.0 Å². The van der Waals surface area contributed by atoms with Gasteiger partial charge in [-0.05, 0) is 45.6 Å². The number of nitrogens with zero attached hydrogens (tertiary/aromatic N) is 1. The lowest BCUT2D eigenvalue weighted by molar-refractivity contribution is 0.0990. The molecule has 15 heavy (non-hydrogen) atoms. The van der Waals surface area contributed by atoms with E-state index in [-0.39, 0.29) is 0 Å². The molecule has 0 aromatic carbocycles. The lowest BCUT2D eigenvalue weighted by atomic mass is 9.86. The molecule has 2 N–H and O–H groups in total. The van der Waals surface area contributed by atoms with Crippen LogP contribution in [0.2, 0.25) is 0 Å². The molecule has 0 aromatic heterocycles. The van der Waals surface area contributed by atoms with Gasteiger partial charge in [0.1, 0.15) is 0 Å². The predicted octanol–water partition coefficient (Wildman–Crippen LogP) is 1.47. The van der Waals surface area contributed by atoms with Gasteiger partial charge in [0.15, 0.2) is 0 Å². The van der Waals surface area contributed by atoms with Crippen LogP contribution < -0.4 is 5.73 Å². The van der Waals surface area contributed by atoms with Crippen molar-refractivity contribution in [2.45, 2.75) is 44.7 Å². The number of ether oxygens (including phenoxy) is 1. The van der Waals surface area contributed by atoms with Crippen LogP contribution in [-0.2, 0) is 4.74 Å². The summed E-state index contributed by atoms with van der Waals surface area (Å²) in [6.07, 6.45) is 5.00. The molecule has 3 heteroatoms. The second kappa shape index (κ2) is 6.46. The summed E-state index contributed by atoms with van der Waals surface area (Å²) in [6.45, 7) is 4.23. The first kappa shape index (κ1) is 12.9. The van der Waals surface area contributed by atoms with E-state index in [2.05, 4.69) is 18.9 Å². The molecule has 90 valence electrons. The Balaban J connectivity index is 2.22. The van der Waals surface area contributed by atoms with E-state index in [0.717, 1.165) is 12.5 Å². The summed E-state index contributed by atoms with van der Waals surface area (Å²) in [6, 6.07) is 0.980. The molecule has 0 heterocycles. The lowest BCUT2D eigenvalue weighted by Crippen LogP contribution is -2.38. The topological polar surface area (TPSA) is 38.5 Å². The van der Waals surface area contributed by atoms with Gasteiger partial charge < -0.3 is 15.4 Å². The van der Waals surface area contributed by atoms with Gasteiger partial charge in [0.2, 0.25) is 0 Å². The van der Waals surface area contributed by atoms with Crippen molar-refractivity contribution in [1.82, 2.24) is 4.90 Å². The van der Waals surface area contributed by atoms with E-state index in [1.54, 1.807) is 7.11 Å². The molecule has 1 aliphatic rings. The van der Waals surface area contributed by atoms with Gasteiger partial charge in [-0.1, -0.05) is 0 Å². The summed E-state index contributed by atoms with van der Waals surface area (Å²) in [4.78, 5) is 2.41. The zero-order chi connectivity index (χ0) is 11.3. The largest absolute Gasteiger partial charge is 0.383 e. The van der Waals surface area contributed by atoms with Crippen molar-refractivity contribution in [2.24, 2.45) is 11.7 Å². The number of nitrogens with two attached hydrogens (primary N) is 1. The number of hydrogen-bond donors (Lipinski definition) is 1. The van der Waals surface area contributed by atoms with E-state index in [1.165, 1.54) is 32.2 Å².